The van der Waals surface area contributed by atoms with Gasteiger partial charge in [-0.05, 0) is 24.1 Å². The molecule has 0 aromatic heterocycles. The summed E-state index contributed by atoms with van der Waals surface area (Å²) in [6.07, 6.45) is 0.851. The van der Waals surface area contributed by atoms with Gasteiger partial charge in [0.2, 0.25) is 0 Å². The second-order valence-corrected chi connectivity index (χ2v) is 5.83. The average molecular weight is 311 g/mol. The molecule has 2 rings (SSSR count). The molecule has 0 spiro atoms. The second kappa shape index (κ2) is 7.64. The highest BCUT2D eigenvalue weighted by molar-refractivity contribution is 6.30. The molecule has 0 radical (unpaired) electrons. The number of benzene rings is 1. The highest BCUT2D eigenvalue weighted by Gasteiger charge is 2.25. The Morgan fingerprint density at radius 2 is 2.10 bits per heavy atom. The van der Waals surface area contributed by atoms with Crippen LogP contribution in [0.1, 0.15) is 18.9 Å². The van der Waals surface area contributed by atoms with Crippen molar-refractivity contribution in [1.82, 2.24) is 9.80 Å². The minimum Gasteiger partial charge on any atom is -0.409 e. The molecule has 1 saturated heterocycles. The maximum Gasteiger partial charge on any atom is 0.156 e. The highest BCUT2D eigenvalue weighted by atomic mass is 35.5. The Morgan fingerprint density at radius 1 is 1.38 bits per heavy atom. The smallest absolute Gasteiger partial charge is 0.156 e. The predicted octanol–water partition coefficient (Wildman–Crippen LogP) is 1.98. The Labute approximate surface area is 131 Å². The molecule has 1 aromatic rings. The van der Waals surface area contributed by atoms with Crippen molar-refractivity contribution in [3.63, 3.8) is 0 Å². The molecule has 0 saturated carbocycles. The summed E-state index contributed by atoms with van der Waals surface area (Å²) in [6.45, 7) is 6.77. The molecule has 1 unspecified atom stereocenters. The lowest BCUT2D eigenvalue weighted by molar-refractivity contribution is 0.110. The maximum atomic E-state index is 8.85. The van der Waals surface area contributed by atoms with Crippen molar-refractivity contribution in [2.45, 2.75) is 25.9 Å². The molecule has 1 aliphatic rings. The lowest BCUT2D eigenvalue weighted by atomic mass is 10.1. The Bertz CT molecular complexity index is 486. The van der Waals surface area contributed by atoms with Crippen molar-refractivity contribution in [2.24, 2.45) is 10.9 Å². The molecular weight excluding hydrogens is 288 g/mol. The van der Waals surface area contributed by atoms with E-state index in [1.54, 1.807) is 0 Å². The molecule has 1 heterocycles. The molecule has 3 N–H and O–H groups in total. The monoisotopic (exact) mass is 310 g/mol. The van der Waals surface area contributed by atoms with Gasteiger partial charge in [-0.1, -0.05) is 35.8 Å². The number of piperazine rings is 1. The first-order valence-corrected chi connectivity index (χ1v) is 7.70. The number of hydrogen-bond acceptors (Lipinski definition) is 4. The maximum absolute atomic E-state index is 8.85. The van der Waals surface area contributed by atoms with Gasteiger partial charge in [0.25, 0.3) is 0 Å². The van der Waals surface area contributed by atoms with Crippen molar-refractivity contribution in [3.05, 3.63) is 34.9 Å². The minimum atomic E-state index is 0.0309. The number of nitrogens with zero attached hydrogens (tertiary/aromatic N) is 3. The van der Waals surface area contributed by atoms with E-state index in [9.17, 15) is 0 Å². The molecule has 1 aliphatic heterocycles. The van der Waals surface area contributed by atoms with Crippen LogP contribution < -0.4 is 5.73 Å². The molecule has 1 atom stereocenters. The molecule has 0 amide bonds. The fourth-order valence-electron chi connectivity index (χ4n) is 2.85. The van der Waals surface area contributed by atoms with E-state index in [2.05, 4.69) is 27.9 Å². The third kappa shape index (κ3) is 4.33. The van der Waals surface area contributed by atoms with Gasteiger partial charge in [0, 0.05) is 37.7 Å². The first-order chi connectivity index (χ1) is 10.1. The van der Waals surface area contributed by atoms with Crippen LogP contribution in [-0.4, -0.2) is 53.1 Å². The number of hydrogen-bond donors (Lipinski definition) is 2. The summed E-state index contributed by atoms with van der Waals surface area (Å²) in [5.74, 6) is 0.306. The van der Waals surface area contributed by atoms with Crippen LogP contribution in [0, 0.1) is 0 Å². The molecule has 0 aliphatic carbocycles. The van der Waals surface area contributed by atoms with E-state index in [-0.39, 0.29) is 6.04 Å². The Balaban J connectivity index is 1.88. The minimum absolute atomic E-state index is 0.0309. The third-order valence-corrected chi connectivity index (χ3v) is 4.22. The fraction of sp³-hybridized carbons (Fsp3) is 0.533. The van der Waals surface area contributed by atoms with E-state index in [1.807, 2.05) is 18.2 Å². The molecule has 1 fully saturated rings. The quantitative estimate of drug-likeness (QED) is 0.378. The fourth-order valence-corrected chi connectivity index (χ4v) is 3.06. The largest absolute Gasteiger partial charge is 0.409 e. The number of nitrogens with two attached hydrogens (primary N) is 1. The molecule has 6 heteroatoms. The molecule has 0 bridgehead atoms. The van der Waals surface area contributed by atoms with Crippen molar-refractivity contribution < 1.29 is 5.21 Å². The van der Waals surface area contributed by atoms with Gasteiger partial charge in [0.15, 0.2) is 5.84 Å². The van der Waals surface area contributed by atoms with Gasteiger partial charge in [-0.2, -0.15) is 0 Å². The molecule has 21 heavy (non-hydrogen) atoms. The SMILES string of the molecule is CCC(C(N)=NO)N1CCN(Cc2cccc(Cl)c2)CC1. The van der Waals surface area contributed by atoms with E-state index in [4.69, 9.17) is 22.5 Å². The van der Waals surface area contributed by atoms with Crippen LogP contribution in [0.25, 0.3) is 0 Å². The van der Waals surface area contributed by atoms with E-state index < -0.39 is 0 Å². The van der Waals surface area contributed by atoms with Gasteiger partial charge in [-0.15, -0.1) is 0 Å². The van der Waals surface area contributed by atoms with Gasteiger partial charge in [-0.25, -0.2) is 0 Å². The molecule has 5 nitrogen and oxygen atoms in total. The van der Waals surface area contributed by atoms with E-state index in [1.165, 1.54) is 5.56 Å². The molecule has 116 valence electrons. The summed E-state index contributed by atoms with van der Waals surface area (Å²) in [6, 6.07) is 8.02. The van der Waals surface area contributed by atoms with Gasteiger partial charge >= 0.3 is 0 Å². The van der Waals surface area contributed by atoms with Gasteiger partial charge in [0.05, 0.1) is 6.04 Å². The Hall–Kier alpha value is -1.30. The zero-order valence-electron chi connectivity index (χ0n) is 12.4. The lowest BCUT2D eigenvalue weighted by Crippen LogP contribution is -2.53. The molecular formula is C15H23ClN4O. The van der Waals surface area contributed by atoms with Crippen molar-refractivity contribution in [2.75, 3.05) is 26.2 Å². The van der Waals surface area contributed by atoms with Crippen molar-refractivity contribution in [1.29, 1.82) is 0 Å². The normalized spacial score (nSPS) is 19.6. The second-order valence-electron chi connectivity index (χ2n) is 5.39. The summed E-state index contributed by atoms with van der Waals surface area (Å²) < 4.78 is 0. The highest BCUT2D eigenvalue weighted by Crippen LogP contribution is 2.15. The van der Waals surface area contributed by atoms with Crippen LogP contribution in [0.15, 0.2) is 29.4 Å². The third-order valence-electron chi connectivity index (χ3n) is 3.99. The van der Waals surface area contributed by atoms with Gasteiger partial charge in [-0.3, -0.25) is 9.80 Å². The summed E-state index contributed by atoms with van der Waals surface area (Å²) in [4.78, 5) is 4.69. The first kappa shape index (κ1) is 16.1. The van der Waals surface area contributed by atoms with Crippen molar-refractivity contribution in [3.8, 4) is 0 Å². The van der Waals surface area contributed by atoms with Crippen LogP contribution >= 0.6 is 11.6 Å². The van der Waals surface area contributed by atoms with E-state index in [0.717, 1.165) is 44.2 Å². The topological polar surface area (TPSA) is 65.1 Å². The lowest BCUT2D eigenvalue weighted by Gasteiger charge is -2.38. The van der Waals surface area contributed by atoms with Crippen LogP contribution in [0.4, 0.5) is 0 Å². The van der Waals surface area contributed by atoms with Crippen LogP contribution in [-0.2, 0) is 6.54 Å². The summed E-state index contributed by atoms with van der Waals surface area (Å²) in [7, 11) is 0. The zero-order valence-corrected chi connectivity index (χ0v) is 13.1. The molecule has 1 aromatic carbocycles. The van der Waals surface area contributed by atoms with Gasteiger partial charge in [0.1, 0.15) is 0 Å². The van der Waals surface area contributed by atoms with Crippen LogP contribution in [0.2, 0.25) is 5.02 Å². The Morgan fingerprint density at radius 3 is 2.67 bits per heavy atom. The number of halogens is 1. The average Bonchev–Trinajstić information content (AvgIpc) is 2.49. The standard InChI is InChI=1S/C15H23ClN4O/c1-2-14(15(17)18-21)20-8-6-19(7-9-20)11-12-4-3-5-13(16)10-12/h3-5,10,14,21H,2,6-9,11H2,1H3,(H2,17,18). The van der Waals surface area contributed by atoms with Crippen LogP contribution in [0.5, 0.6) is 0 Å². The van der Waals surface area contributed by atoms with Crippen molar-refractivity contribution >= 4 is 17.4 Å². The number of amidine groups is 1. The zero-order chi connectivity index (χ0) is 15.2. The number of oxime groups is 1. The van der Waals surface area contributed by atoms with Crippen LogP contribution in [0.3, 0.4) is 0 Å². The van der Waals surface area contributed by atoms with E-state index >= 15 is 0 Å². The summed E-state index contributed by atoms with van der Waals surface area (Å²) >= 11 is 6.02. The summed E-state index contributed by atoms with van der Waals surface area (Å²) in [5, 5.41) is 12.8. The predicted molar refractivity (Wildman–Crippen MR) is 85.8 cm³/mol. The van der Waals surface area contributed by atoms with E-state index in [0.29, 0.717) is 5.84 Å². The summed E-state index contributed by atoms with van der Waals surface area (Å²) in [5.41, 5.74) is 7.00. The number of rotatable bonds is 5. The van der Waals surface area contributed by atoms with Gasteiger partial charge < -0.3 is 10.9 Å². The first-order valence-electron chi connectivity index (χ1n) is 7.32. The Kier molecular flexibility index (Phi) is 5.85.